The van der Waals surface area contributed by atoms with Crippen LogP contribution in [0.5, 0.6) is 0 Å². The number of benzene rings is 1. The van der Waals surface area contributed by atoms with E-state index in [1.54, 1.807) is 6.20 Å². The SMILES string of the molecule is CCCN1C(=O)c2ccccc2N[C@H]1c1ccccn1. The van der Waals surface area contributed by atoms with Crippen molar-refractivity contribution in [1.82, 2.24) is 9.88 Å². The maximum atomic E-state index is 12.6. The van der Waals surface area contributed by atoms with Gasteiger partial charge in [0, 0.05) is 18.4 Å². The van der Waals surface area contributed by atoms with Crippen LogP contribution < -0.4 is 5.32 Å². The van der Waals surface area contributed by atoms with Crippen LogP contribution in [0.1, 0.15) is 35.6 Å². The standard InChI is InChI=1S/C16H17N3O/c1-2-11-19-15(14-9-5-6-10-17-14)18-13-8-4-3-7-12(13)16(19)20/h3-10,15,18H,2,11H2,1H3/t15-/m1/s1. The molecule has 1 aromatic heterocycles. The average Bonchev–Trinajstić information content (AvgIpc) is 2.51. The number of carbonyl (C=O) groups is 1. The van der Waals surface area contributed by atoms with Gasteiger partial charge in [0.15, 0.2) is 0 Å². The van der Waals surface area contributed by atoms with E-state index in [1.807, 2.05) is 47.4 Å². The second kappa shape index (κ2) is 5.33. The molecule has 2 heterocycles. The minimum Gasteiger partial charge on any atom is -0.359 e. The first-order valence-corrected chi connectivity index (χ1v) is 6.88. The highest BCUT2D eigenvalue weighted by molar-refractivity contribution is 6.01. The fourth-order valence-corrected chi connectivity index (χ4v) is 2.54. The summed E-state index contributed by atoms with van der Waals surface area (Å²) in [6, 6.07) is 13.4. The van der Waals surface area contributed by atoms with Gasteiger partial charge in [-0.25, -0.2) is 0 Å². The molecular weight excluding hydrogens is 250 g/mol. The molecule has 4 heteroatoms. The molecule has 1 aliphatic rings. The summed E-state index contributed by atoms with van der Waals surface area (Å²) in [5.41, 5.74) is 2.47. The number of carbonyl (C=O) groups excluding carboxylic acids is 1. The van der Waals surface area contributed by atoms with Gasteiger partial charge in [-0.15, -0.1) is 0 Å². The number of amides is 1. The Hall–Kier alpha value is -2.36. The summed E-state index contributed by atoms with van der Waals surface area (Å²) in [4.78, 5) is 18.9. The second-order valence-electron chi connectivity index (χ2n) is 4.85. The number of hydrogen-bond donors (Lipinski definition) is 1. The van der Waals surface area contributed by atoms with Crippen molar-refractivity contribution in [3.8, 4) is 0 Å². The molecule has 0 aliphatic carbocycles. The number of pyridine rings is 1. The summed E-state index contributed by atoms with van der Waals surface area (Å²) in [5, 5.41) is 3.42. The Bertz CT molecular complexity index is 612. The van der Waals surface area contributed by atoms with E-state index < -0.39 is 0 Å². The van der Waals surface area contributed by atoms with Crippen molar-refractivity contribution in [2.45, 2.75) is 19.5 Å². The Morgan fingerprint density at radius 3 is 2.75 bits per heavy atom. The summed E-state index contributed by atoms with van der Waals surface area (Å²) in [5.74, 6) is 0.0665. The first-order chi connectivity index (χ1) is 9.81. The van der Waals surface area contributed by atoms with Crippen LogP contribution >= 0.6 is 0 Å². The van der Waals surface area contributed by atoms with Crippen LogP contribution in [0.2, 0.25) is 0 Å². The molecule has 102 valence electrons. The zero-order valence-electron chi connectivity index (χ0n) is 11.4. The molecule has 0 bridgehead atoms. The minimum atomic E-state index is -0.196. The van der Waals surface area contributed by atoms with Crippen molar-refractivity contribution in [2.75, 3.05) is 11.9 Å². The number of fused-ring (bicyclic) bond motifs is 1. The van der Waals surface area contributed by atoms with Gasteiger partial charge < -0.3 is 10.2 Å². The van der Waals surface area contributed by atoms with Crippen molar-refractivity contribution in [3.63, 3.8) is 0 Å². The van der Waals surface area contributed by atoms with Gasteiger partial charge >= 0.3 is 0 Å². The van der Waals surface area contributed by atoms with E-state index >= 15 is 0 Å². The molecule has 1 aromatic carbocycles. The van der Waals surface area contributed by atoms with E-state index in [0.717, 1.165) is 23.4 Å². The first-order valence-electron chi connectivity index (χ1n) is 6.88. The lowest BCUT2D eigenvalue weighted by atomic mass is 10.1. The molecule has 1 N–H and O–H groups in total. The van der Waals surface area contributed by atoms with E-state index in [9.17, 15) is 4.79 Å². The molecule has 0 fully saturated rings. The fraction of sp³-hybridized carbons (Fsp3) is 0.250. The molecule has 0 saturated carbocycles. The molecular formula is C16H17N3O. The zero-order valence-corrected chi connectivity index (χ0v) is 11.4. The maximum Gasteiger partial charge on any atom is 0.257 e. The first kappa shape index (κ1) is 12.7. The number of rotatable bonds is 3. The largest absolute Gasteiger partial charge is 0.359 e. The van der Waals surface area contributed by atoms with Gasteiger partial charge in [-0.1, -0.05) is 25.1 Å². The van der Waals surface area contributed by atoms with Crippen molar-refractivity contribution in [3.05, 3.63) is 59.9 Å². The van der Waals surface area contributed by atoms with Crippen LogP contribution in [0.4, 0.5) is 5.69 Å². The fourth-order valence-electron chi connectivity index (χ4n) is 2.54. The van der Waals surface area contributed by atoms with Gasteiger partial charge in [0.05, 0.1) is 11.3 Å². The van der Waals surface area contributed by atoms with Crippen molar-refractivity contribution < 1.29 is 4.79 Å². The monoisotopic (exact) mass is 267 g/mol. The Morgan fingerprint density at radius 1 is 1.20 bits per heavy atom. The minimum absolute atomic E-state index is 0.0665. The Labute approximate surface area is 118 Å². The smallest absolute Gasteiger partial charge is 0.257 e. The highest BCUT2D eigenvalue weighted by atomic mass is 16.2. The summed E-state index contributed by atoms with van der Waals surface area (Å²) >= 11 is 0. The maximum absolute atomic E-state index is 12.6. The van der Waals surface area contributed by atoms with Gasteiger partial charge in [0.2, 0.25) is 0 Å². The van der Waals surface area contributed by atoms with Crippen LogP contribution in [-0.4, -0.2) is 22.3 Å². The molecule has 0 unspecified atom stereocenters. The molecule has 4 nitrogen and oxygen atoms in total. The van der Waals surface area contributed by atoms with Crippen LogP contribution in [0.25, 0.3) is 0 Å². The van der Waals surface area contributed by atoms with Crippen LogP contribution in [-0.2, 0) is 0 Å². The third-order valence-electron chi connectivity index (χ3n) is 3.45. The lowest BCUT2D eigenvalue weighted by molar-refractivity contribution is 0.0680. The molecule has 0 spiro atoms. The third-order valence-corrected chi connectivity index (χ3v) is 3.45. The highest BCUT2D eigenvalue weighted by Crippen LogP contribution is 2.32. The van der Waals surface area contributed by atoms with Crippen molar-refractivity contribution in [2.24, 2.45) is 0 Å². The van der Waals surface area contributed by atoms with Gasteiger partial charge in [-0.2, -0.15) is 0 Å². The lowest BCUT2D eigenvalue weighted by Gasteiger charge is -2.37. The van der Waals surface area contributed by atoms with Gasteiger partial charge in [0.25, 0.3) is 5.91 Å². The summed E-state index contributed by atoms with van der Waals surface area (Å²) in [7, 11) is 0. The van der Waals surface area contributed by atoms with Crippen LogP contribution in [0, 0.1) is 0 Å². The summed E-state index contributed by atoms with van der Waals surface area (Å²) in [6.07, 6.45) is 2.48. The zero-order chi connectivity index (χ0) is 13.9. The average molecular weight is 267 g/mol. The highest BCUT2D eigenvalue weighted by Gasteiger charge is 2.32. The Balaban J connectivity index is 2.03. The van der Waals surface area contributed by atoms with E-state index in [1.165, 1.54) is 0 Å². The normalized spacial score (nSPS) is 17.6. The number of hydrogen-bond acceptors (Lipinski definition) is 3. The topological polar surface area (TPSA) is 45.2 Å². The quantitative estimate of drug-likeness (QED) is 0.929. The molecule has 0 saturated heterocycles. The third kappa shape index (κ3) is 2.13. The van der Waals surface area contributed by atoms with Gasteiger partial charge in [-0.05, 0) is 30.7 Å². The van der Waals surface area contributed by atoms with Crippen molar-refractivity contribution >= 4 is 11.6 Å². The van der Waals surface area contributed by atoms with Gasteiger partial charge in [0.1, 0.15) is 6.17 Å². The molecule has 0 radical (unpaired) electrons. The number of nitrogens with zero attached hydrogens (tertiary/aromatic N) is 2. The van der Waals surface area contributed by atoms with E-state index in [2.05, 4.69) is 17.2 Å². The van der Waals surface area contributed by atoms with E-state index in [4.69, 9.17) is 0 Å². The van der Waals surface area contributed by atoms with E-state index in [0.29, 0.717) is 6.54 Å². The molecule has 1 amide bonds. The molecule has 20 heavy (non-hydrogen) atoms. The van der Waals surface area contributed by atoms with Crippen molar-refractivity contribution in [1.29, 1.82) is 0 Å². The van der Waals surface area contributed by atoms with Gasteiger partial charge in [-0.3, -0.25) is 9.78 Å². The van der Waals surface area contributed by atoms with Crippen LogP contribution in [0.3, 0.4) is 0 Å². The van der Waals surface area contributed by atoms with E-state index in [-0.39, 0.29) is 12.1 Å². The Kier molecular flexibility index (Phi) is 3.37. The van der Waals surface area contributed by atoms with Crippen LogP contribution in [0.15, 0.2) is 48.7 Å². The molecule has 1 atom stereocenters. The second-order valence-corrected chi connectivity index (χ2v) is 4.85. The predicted octanol–water partition coefficient (Wildman–Crippen LogP) is 3.06. The molecule has 1 aliphatic heterocycles. The predicted molar refractivity (Wildman–Crippen MR) is 78.4 cm³/mol. The lowest BCUT2D eigenvalue weighted by Crippen LogP contribution is -2.43. The number of para-hydroxylation sites is 1. The number of nitrogens with one attached hydrogen (secondary N) is 1. The number of aromatic nitrogens is 1. The molecule has 3 rings (SSSR count). The Morgan fingerprint density at radius 2 is 2.00 bits per heavy atom. The summed E-state index contributed by atoms with van der Waals surface area (Å²) < 4.78 is 0. The summed E-state index contributed by atoms with van der Waals surface area (Å²) in [6.45, 7) is 2.78. The molecule has 2 aromatic rings. The number of anilines is 1.